The van der Waals surface area contributed by atoms with E-state index in [0.29, 0.717) is 18.9 Å². The van der Waals surface area contributed by atoms with Crippen LogP contribution in [0.25, 0.3) is 0 Å². The Kier molecular flexibility index (Phi) is 3.40. The maximum atomic E-state index is 13.0. The summed E-state index contributed by atoms with van der Waals surface area (Å²) in [5.41, 5.74) is 1.03. The number of hydrogen-bond acceptors (Lipinski definition) is 5. The van der Waals surface area contributed by atoms with Gasteiger partial charge in [0.1, 0.15) is 0 Å². The van der Waals surface area contributed by atoms with Crippen LogP contribution in [0.15, 0.2) is 36.9 Å². The Bertz CT molecular complexity index is 708. The first-order valence-electron chi connectivity index (χ1n) is 7.65. The molecule has 2 unspecified atom stereocenters. The van der Waals surface area contributed by atoms with E-state index >= 15 is 0 Å². The van der Waals surface area contributed by atoms with Gasteiger partial charge in [-0.25, -0.2) is 14.4 Å². The average molecular weight is 313 g/mol. The van der Waals surface area contributed by atoms with Gasteiger partial charge in [-0.1, -0.05) is 6.07 Å². The van der Waals surface area contributed by atoms with E-state index in [1.165, 1.54) is 12.4 Å². The van der Waals surface area contributed by atoms with E-state index in [2.05, 4.69) is 15.0 Å². The molecule has 0 aromatic carbocycles. The Hall–Kier alpha value is -2.57. The number of rotatable bonds is 3. The number of nitrogens with zero attached hydrogens (tertiary/aromatic N) is 5. The monoisotopic (exact) mass is 313 g/mol. The summed E-state index contributed by atoms with van der Waals surface area (Å²) in [6.07, 6.45) is 7.17. The first-order valence-corrected chi connectivity index (χ1v) is 7.65. The Morgan fingerprint density at radius 1 is 1.22 bits per heavy atom. The van der Waals surface area contributed by atoms with Crippen molar-refractivity contribution in [2.45, 2.75) is 31.5 Å². The van der Waals surface area contributed by atoms with Gasteiger partial charge in [0.15, 0.2) is 5.82 Å². The minimum absolute atomic E-state index is 0.0598. The third kappa shape index (κ3) is 2.52. The van der Waals surface area contributed by atoms with Gasteiger partial charge in [-0.2, -0.15) is 0 Å². The summed E-state index contributed by atoms with van der Waals surface area (Å²) >= 11 is 0. The Morgan fingerprint density at radius 3 is 2.78 bits per heavy atom. The van der Waals surface area contributed by atoms with Crippen molar-refractivity contribution in [3.8, 4) is 0 Å². The van der Waals surface area contributed by atoms with Crippen molar-refractivity contribution in [3.63, 3.8) is 0 Å². The van der Waals surface area contributed by atoms with Crippen molar-refractivity contribution in [1.82, 2.24) is 19.9 Å². The van der Waals surface area contributed by atoms with Crippen molar-refractivity contribution in [1.29, 1.82) is 0 Å². The predicted octanol–water partition coefficient (Wildman–Crippen LogP) is 1.39. The van der Waals surface area contributed by atoms with Gasteiger partial charge in [-0.05, 0) is 18.1 Å². The van der Waals surface area contributed by atoms with Crippen LogP contribution in [0.2, 0.25) is 0 Å². The number of amides is 1. The first kappa shape index (κ1) is 14.0. The molecule has 2 aromatic heterocycles. The quantitative estimate of drug-likeness (QED) is 0.857. The summed E-state index contributed by atoms with van der Waals surface area (Å²) in [5.74, 6) is 0.177. The van der Waals surface area contributed by atoms with Crippen LogP contribution in [0.4, 0.5) is 10.3 Å². The zero-order valence-electron chi connectivity index (χ0n) is 12.5. The van der Waals surface area contributed by atoms with E-state index in [-0.39, 0.29) is 18.0 Å². The molecule has 2 fully saturated rings. The van der Waals surface area contributed by atoms with Gasteiger partial charge in [-0.3, -0.25) is 9.78 Å². The van der Waals surface area contributed by atoms with E-state index in [1.54, 1.807) is 12.4 Å². The number of carbonyl (C=O) groups is 1. The van der Waals surface area contributed by atoms with Crippen LogP contribution >= 0.6 is 0 Å². The molecule has 2 aliphatic rings. The molecule has 6 nitrogen and oxygen atoms in total. The van der Waals surface area contributed by atoms with E-state index in [1.807, 2.05) is 21.9 Å². The Morgan fingerprint density at radius 2 is 2.04 bits per heavy atom. The molecule has 118 valence electrons. The van der Waals surface area contributed by atoms with Gasteiger partial charge in [0.25, 0.3) is 0 Å². The molecular formula is C16H16FN5O. The third-order valence-corrected chi connectivity index (χ3v) is 4.55. The molecule has 4 rings (SSSR count). The number of carbonyl (C=O) groups excluding carboxylic acids is 1. The second-order valence-corrected chi connectivity index (χ2v) is 5.91. The maximum Gasteiger partial charge on any atom is 0.225 e. The van der Waals surface area contributed by atoms with Gasteiger partial charge in [0.2, 0.25) is 11.9 Å². The van der Waals surface area contributed by atoms with E-state index in [4.69, 9.17) is 0 Å². The average Bonchev–Trinajstić information content (AvgIpc) is 3.10. The number of hydrogen-bond donors (Lipinski definition) is 0. The molecule has 2 aliphatic heterocycles. The van der Waals surface area contributed by atoms with Gasteiger partial charge in [0, 0.05) is 31.9 Å². The normalized spacial score (nSPS) is 23.4. The van der Waals surface area contributed by atoms with Gasteiger partial charge in [-0.15, -0.1) is 0 Å². The topological polar surface area (TPSA) is 62.2 Å². The summed E-state index contributed by atoms with van der Waals surface area (Å²) in [6.45, 7) is 1.35. The van der Waals surface area contributed by atoms with E-state index in [9.17, 15) is 9.18 Å². The fourth-order valence-corrected chi connectivity index (χ4v) is 3.52. The molecule has 0 N–H and O–H groups in total. The van der Waals surface area contributed by atoms with E-state index < -0.39 is 5.82 Å². The second kappa shape index (κ2) is 5.57. The van der Waals surface area contributed by atoms with Crippen LogP contribution < -0.4 is 4.90 Å². The van der Waals surface area contributed by atoms with Crippen LogP contribution in [0.3, 0.4) is 0 Å². The number of halogens is 1. The Labute approximate surface area is 133 Å². The zero-order chi connectivity index (χ0) is 15.8. The van der Waals surface area contributed by atoms with E-state index in [0.717, 1.165) is 18.5 Å². The number of fused-ring (bicyclic) bond motifs is 1. The van der Waals surface area contributed by atoms with Crippen LogP contribution in [-0.2, 0) is 11.3 Å². The fraction of sp³-hybridized carbons (Fsp3) is 0.375. The standard InChI is InChI=1S/C16H16FN5O/c17-12-8-19-16(20-9-12)21-5-3-13-14(21)6-15(23)22(13)10-11-2-1-4-18-7-11/h1-2,4,7-9,13-14H,3,5-6,10H2. The van der Waals surface area contributed by atoms with Crippen LogP contribution in [0, 0.1) is 5.82 Å². The Balaban J connectivity index is 1.54. The maximum absolute atomic E-state index is 13.0. The lowest BCUT2D eigenvalue weighted by Gasteiger charge is -2.25. The highest BCUT2D eigenvalue weighted by atomic mass is 19.1. The smallest absolute Gasteiger partial charge is 0.225 e. The highest BCUT2D eigenvalue weighted by molar-refractivity contribution is 5.81. The number of pyridine rings is 1. The van der Waals surface area contributed by atoms with Crippen molar-refractivity contribution in [2.75, 3.05) is 11.4 Å². The lowest BCUT2D eigenvalue weighted by Crippen LogP contribution is -2.37. The SMILES string of the molecule is O=C1CC2C(CCN2c2ncc(F)cn2)N1Cc1cccnc1. The number of anilines is 1. The molecule has 23 heavy (non-hydrogen) atoms. The molecule has 0 bridgehead atoms. The molecule has 2 aromatic rings. The summed E-state index contributed by atoms with van der Waals surface area (Å²) in [7, 11) is 0. The zero-order valence-corrected chi connectivity index (χ0v) is 12.5. The van der Waals surface area contributed by atoms with Gasteiger partial charge >= 0.3 is 0 Å². The minimum atomic E-state index is -0.454. The van der Waals surface area contributed by atoms with Crippen molar-refractivity contribution in [3.05, 3.63) is 48.3 Å². The summed E-state index contributed by atoms with van der Waals surface area (Å²) in [6, 6.07) is 4.06. The molecule has 0 radical (unpaired) electrons. The summed E-state index contributed by atoms with van der Waals surface area (Å²) in [5, 5.41) is 0. The van der Waals surface area contributed by atoms with Crippen LogP contribution in [0.1, 0.15) is 18.4 Å². The van der Waals surface area contributed by atoms with Crippen molar-refractivity contribution in [2.24, 2.45) is 0 Å². The molecule has 0 spiro atoms. The van der Waals surface area contributed by atoms with Gasteiger partial charge < -0.3 is 9.80 Å². The molecule has 0 aliphatic carbocycles. The van der Waals surface area contributed by atoms with Crippen molar-refractivity contribution < 1.29 is 9.18 Å². The highest BCUT2D eigenvalue weighted by Gasteiger charge is 2.47. The van der Waals surface area contributed by atoms with Gasteiger partial charge in [0.05, 0.1) is 24.5 Å². The molecule has 2 saturated heterocycles. The molecule has 1 amide bonds. The molecular weight excluding hydrogens is 297 g/mol. The highest BCUT2D eigenvalue weighted by Crippen LogP contribution is 2.35. The molecule has 4 heterocycles. The minimum Gasteiger partial charge on any atom is -0.335 e. The predicted molar refractivity (Wildman–Crippen MR) is 80.9 cm³/mol. The molecule has 7 heteroatoms. The lowest BCUT2D eigenvalue weighted by atomic mass is 10.1. The molecule has 0 saturated carbocycles. The fourth-order valence-electron chi connectivity index (χ4n) is 3.52. The lowest BCUT2D eigenvalue weighted by molar-refractivity contribution is -0.129. The van der Waals surface area contributed by atoms with Crippen LogP contribution in [-0.4, -0.2) is 44.4 Å². The summed E-state index contributed by atoms with van der Waals surface area (Å²) in [4.78, 5) is 28.6. The summed E-state index contributed by atoms with van der Waals surface area (Å²) < 4.78 is 13.0. The third-order valence-electron chi connectivity index (χ3n) is 4.55. The molecule has 2 atom stereocenters. The number of likely N-dealkylation sites (tertiary alicyclic amines) is 1. The second-order valence-electron chi connectivity index (χ2n) is 5.91. The number of aromatic nitrogens is 3. The first-order chi connectivity index (χ1) is 11.2. The van der Waals surface area contributed by atoms with Crippen LogP contribution in [0.5, 0.6) is 0 Å². The van der Waals surface area contributed by atoms with Crippen molar-refractivity contribution >= 4 is 11.9 Å². The largest absolute Gasteiger partial charge is 0.335 e.